The zero-order valence-corrected chi connectivity index (χ0v) is 18.9. The van der Waals surface area contributed by atoms with Crippen LogP contribution in [0, 0.1) is 12.3 Å². The summed E-state index contributed by atoms with van der Waals surface area (Å²) in [6.07, 6.45) is 16.0. The van der Waals surface area contributed by atoms with Crippen molar-refractivity contribution in [3.8, 4) is 0 Å². The van der Waals surface area contributed by atoms with Crippen LogP contribution in [0.1, 0.15) is 81.9 Å². The summed E-state index contributed by atoms with van der Waals surface area (Å²) in [5.41, 5.74) is 21.0. The highest BCUT2D eigenvalue weighted by Crippen LogP contribution is 2.41. The smallest absolute Gasteiger partial charge is 0.0409 e. The standard InChI is InChI=1S/C26H38N4/c1-4-6-10-21(20(16-27)18-30-15-7-5-2)22-11-8-9-12-23(22)26-19(3)13-14-25(29)24(26)17-28/h10,13-14,16-18,28H,4-9,11-12,15,27,29H2,1-3H3/b20-16+,21-10+,28-17?,30-18?. The van der Waals surface area contributed by atoms with Crippen molar-refractivity contribution in [2.75, 3.05) is 12.3 Å². The summed E-state index contributed by atoms with van der Waals surface area (Å²) in [6, 6.07) is 3.97. The fourth-order valence-electron chi connectivity index (χ4n) is 4.10. The number of nitrogen functional groups attached to an aromatic ring is 1. The van der Waals surface area contributed by atoms with Crippen LogP contribution < -0.4 is 11.5 Å². The summed E-state index contributed by atoms with van der Waals surface area (Å²) in [4.78, 5) is 4.63. The van der Waals surface area contributed by atoms with E-state index in [9.17, 15) is 0 Å². The lowest BCUT2D eigenvalue weighted by Crippen LogP contribution is -2.10. The quantitative estimate of drug-likeness (QED) is 0.183. The van der Waals surface area contributed by atoms with Gasteiger partial charge in [-0.25, -0.2) is 0 Å². The number of hydrogen-bond acceptors (Lipinski definition) is 4. The molecule has 0 aliphatic heterocycles. The number of nitrogens with two attached hydrogens (primary N) is 2. The van der Waals surface area contributed by atoms with Gasteiger partial charge in [0, 0.05) is 42.0 Å². The normalized spacial score (nSPS) is 15.8. The van der Waals surface area contributed by atoms with Gasteiger partial charge < -0.3 is 16.9 Å². The predicted octanol–water partition coefficient (Wildman–Crippen LogP) is 6.34. The molecule has 1 aromatic rings. The molecule has 0 fully saturated rings. The van der Waals surface area contributed by atoms with Crippen LogP contribution in [-0.2, 0) is 0 Å². The van der Waals surface area contributed by atoms with E-state index in [1.54, 1.807) is 6.20 Å². The number of aliphatic imine (C=N–C) groups is 1. The van der Waals surface area contributed by atoms with E-state index in [0.717, 1.165) is 74.6 Å². The first-order valence-corrected chi connectivity index (χ1v) is 11.3. The Morgan fingerprint density at radius 3 is 2.60 bits per heavy atom. The molecule has 0 bridgehead atoms. The second kappa shape index (κ2) is 12.2. The number of aryl methyl sites for hydroxylation is 1. The molecule has 1 aromatic carbocycles. The zero-order valence-electron chi connectivity index (χ0n) is 18.9. The van der Waals surface area contributed by atoms with Gasteiger partial charge in [-0.1, -0.05) is 38.8 Å². The van der Waals surface area contributed by atoms with Gasteiger partial charge in [-0.2, -0.15) is 0 Å². The van der Waals surface area contributed by atoms with Gasteiger partial charge in [-0.05, 0) is 79.4 Å². The van der Waals surface area contributed by atoms with Crippen LogP contribution in [0.4, 0.5) is 5.69 Å². The van der Waals surface area contributed by atoms with E-state index >= 15 is 0 Å². The summed E-state index contributed by atoms with van der Waals surface area (Å²) in [5.74, 6) is 0. The highest BCUT2D eigenvalue weighted by atomic mass is 14.7. The molecule has 1 aliphatic carbocycles. The van der Waals surface area contributed by atoms with E-state index in [1.165, 1.54) is 28.5 Å². The lowest BCUT2D eigenvalue weighted by molar-refractivity contribution is 0.718. The molecule has 0 unspecified atom stereocenters. The molecule has 2 rings (SSSR count). The Balaban J connectivity index is 2.66. The van der Waals surface area contributed by atoms with Crippen molar-refractivity contribution in [1.29, 1.82) is 5.41 Å². The van der Waals surface area contributed by atoms with E-state index in [2.05, 4.69) is 37.9 Å². The number of unbranched alkanes of at least 4 members (excludes halogenated alkanes) is 2. The summed E-state index contributed by atoms with van der Waals surface area (Å²) < 4.78 is 0. The number of nitrogens with zero attached hydrogens (tertiary/aromatic N) is 1. The molecule has 30 heavy (non-hydrogen) atoms. The van der Waals surface area contributed by atoms with E-state index in [1.807, 2.05) is 12.3 Å². The minimum Gasteiger partial charge on any atom is -0.404 e. The maximum absolute atomic E-state index is 7.98. The molecule has 162 valence electrons. The van der Waals surface area contributed by atoms with E-state index < -0.39 is 0 Å². The molecule has 0 spiro atoms. The van der Waals surface area contributed by atoms with Crippen LogP contribution in [0.5, 0.6) is 0 Å². The van der Waals surface area contributed by atoms with Gasteiger partial charge in [0.25, 0.3) is 0 Å². The number of hydrogen-bond donors (Lipinski definition) is 3. The Bertz CT molecular complexity index is 856. The van der Waals surface area contributed by atoms with Crippen LogP contribution in [0.2, 0.25) is 0 Å². The molecule has 5 N–H and O–H groups in total. The minimum atomic E-state index is 0.665. The Morgan fingerprint density at radius 2 is 1.93 bits per heavy atom. The van der Waals surface area contributed by atoms with Gasteiger partial charge in [0.05, 0.1) is 0 Å². The lowest BCUT2D eigenvalue weighted by Gasteiger charge is -2.26. The fourth-order valence-corrected chi connectivity index (χ4v) is 4.10. The van der Waals surface area contributed by atoms with Crippen LogP contribution in [0.25, 0.3) is 5.57 Å². The molecule has 0 atom stereocenters. The molecule has 0 saturated carbocycles. The van der Waals surface area contributed by atoms with E-state index in [4.69, 9.17) is 16.9 Å². The van der Waals surface area contributed by atoms with Crippen LogP contribution in [0.3, 0.4) is 0 Å². The number of anilines is 1. The zero-order chi connectivity index (χ0) is 21.9. The number of benzene rings is 1. The van der Waals surface area contributed by atoms with Gasteiger partial charge in [0.15, 0.2) is 0 Å². The Hall–Kier alpha value is -2.62. The van der Waals surface area contributed by atoms with Gasteiger partial charge in [0.2, 0.25) is 0 Å². The molecular weight excluding hydrogens is 368 g/mol. The van der Waals surface area contributed by atoms with Gasteiger partial charge in [0.1, 0.15) is 0 Å². The molecule has 0 amide bonds. The summed E-state index contributed by atoms with van der Waals surface area (Å²) in [7, 11) is 0. The fraction of sp³-hybridized carbons (Fsp3) is 0.462. The van der Waals surface area contributed by atoms with Crippen molar-refractivity contribution in [2.45, 2.75) is 72.1 Å². The third-order valence-corrected chi connectivity index (χ3v) is 5.73. The maximum atomic E-state index is 7.98. The monoisotopic (exact) mass is 406 g/mol. The van der Waals surface area contributed by atoms with Crippen molar-refractivity contribution >= 4 is 23.7 Å². The highest BCUT2D eigenvalue weighted by Gasteiger charge is 2.22. The van der Waals surface area contributed by atoms with Crippen molar-refractivity contribution in [3.05, 3.63) is 57.8 Å². The van der Waals surface area contributed by atoms with Gasteiger partial charge in [-0.15, -0.1) is 0 Å². The predicted molar refractivity (Wildman–Crippen MR) is 132 cm³/mol. The SMILES string of the molecule is CCC/C=C(C1=C(c2c(C)ccc(N)c2C=N)CCCC1)\C(C=NCCCC)=C\N. The van der Waals surface area contributed by atoms with Crippen LogP contribution in [-0.4, -0.2) is 19.0 Å². The first kappa shape index (κ1) is 23.7. The van der Waals surface area contributed by atoms with Gasteiger partial charge >= 0.3 is 0 Å². The molecule has 4 nitrogen and oxygen atoms in total. The number of rotatable bonds is 10. The largest absolute Gasteiger partial charge is 0.404 e. The molecule has 1 aliphatic rings. The first-order chi connectivity index (χ1) is 14.6. The summed E-state index contributed by atoms with van der Waals surface area (Å²) in [5, 5.41) is 7.98. The minimum absolute atomic E-state index is 0.665. The third-order valence-electron chi connectivity index (χ3n) is 5.73. The first-order valence-electron chi connectivity index (χ1n) is 11.3. The second-order valence-corrected chi connectivity index (χ2v) is 7.99. The van der Waals surface area contributed by atoms with Crippen molar-refractivity contribution in [1.82, 2.24) is 0 Å². The van der Waals surface area contributed by atoms with Crippen molar-refractivity contribution in [3.63, 3.8) is 0 Å². The average molecular weight is 407 g/mol. The molecule has 0 saturated heterocycles. The Labute approximate surface area is 182 Å². The van der Waals surface area contributed by atoms with Crippen LogP contribution >= 0.6 is 0 Å². The van der Waals surface area contributed by atoms with Crippen molar-refractivity contribution in [2.24, 2.45) is 10.7 Å². The number of allylic oxidation sites excluding steroid dienone is 5. The summed E-state index contributed by atoms with van der Waals surface area (Å²) in [6.45, 7) is 7.31. The Kier molecular flexibility index (Phi) is 9.59. The van der Waals surface area contributed by atoms with E-state index in [0.29, 0.717) is 5.69 Å². The Morgan fingerprint density at radius 1 is 1.17 bits per heavy atom. The molecule has 0 heterocycles. The molecular formula is C26H38N4. The third kappa shape index (κ3) is 5.71. The van der Waals surface area contributed by atoms with E-state index in [-0.39, 0.29) is 0 Å². The second-order valence-electron chi connectivity index (χ2n) is 7.99. The lowest BCUT2D eigenvalue weighted by atomic mass is 9.79. The average Bonchev–Trinajstić information content (AvgIpc) is 2.77. The molecule has 4 heteroatoms. The molecule has 0 aromatic heterocycles. The van der Waals surface area contributed by atoms with Gasteiger partial charge in [-0.3, -0.25) is 4.99 Å². The number of nitrogens with one attached hydrogen (secondary N) is 1. The molecule has 0 radical (unpaired) electrons. The summed E-state index contributed by atoms with van der Waals surface area (Å²) >= 11 is 0. The van der Waals surface area contributed by atoms with Crippen LogP contribution in [0.15, 0.2) is 46.1 Å². The highest BCUT2D eigenvalue weighted by molar-refractivity contribution is 5.96. The maximum Gasteiger partial charge on any atom is 0.0409 e. The van der Waals surface area contributed by atoms with Crippen molar-refractivity contribution < 1.29 is 0 Å². The topological polar surface area (TPSA) is 88.2 Å².